The van der Waals surface area contributed by atoms with E-state index in [1.165, 1.54) is 27.0 Å². The molecule has 18 nitrogen and oxygen atoms in total. The molecule has 0 bridgehead atoms. The Bertz CT molecular complexity index is 1820. The Morgan fingerprint density at radius 1 is 0.537 bits per heavy atom. The Kier molecular flexibility index (Phi) is 56.4. The Morgan fingerprint density at radius 3 is 1.34 bits per heavy atom. The van der Waals surface area contributed by atoms with Gasteiger partial charge in [-0.05, 0) is 44.7 Å². The van der Waals surface area contributed by atoms with E-state index in [2.05, 4.69) is 37.2 Å². The van der Waals surface area contributed by atoms with Gasteiger partial charge in [-0.3, -0.25) is 14.4 Å². The van der Waals surface area contributed by atoms with Gasteiger partial charge >= 0.3 is 233 Å². The van der Waals surface area contributed by atoms with Crippen LogP contribution < -0.4 is 249 Å². The maximum atomic E-state index is 11.9. The number of carbonyl (C=O) groups excluding carboxylic acids is 9. The standard InChI is InChI=1S/C22H32N4O6.C22H31N3O5.CH4.4Rb/c1-16(27)4-3-12-32-13-11-25-21(30)15-22(31)26-18-7-5-17(6-8-18)14-20(29)24-10-9-19(28)23-2;1-16(23-3)13-20(27)14-18-6-8-19(9-7-18)25-22(29)15-21(28)24-10-12-30-11-4-5-17(2)26;;;;;/h5-8H,3-4,9-15H2,1-2H3,(H4,23,24,25,26,28,29,30,31);6-9,13H,4-5,10-12,14-15H2,1-3H3,(H3,23,24,25,27,28,29);1H4;;;;/q;;;4*+1/p-4. The number of rotatable bonds is 29. The molecule has 0 aliphatic carbocycles. The van der Waals surface area contributed by atoms with Crippen molar-refractivity contribution in [2.75, 3.05) is 60.2 Å². The van der Waals surface area contributed by atoms with E-state index in [0.29, 0.717) is 50.3 Å². The number of allylic oxidation sites excluding steroid dienone is 2. The van der Waals surface area contributed by atoms with Crippen molar-refractivity contribution in [3.05, 3.63) is 92.7 Å². The quantitative estimate of drug-likeness (QED) is 0.0391. The monoisotopic (exact) mass is 1220 g/mol. The first-order chi connectivity index (χ1) is 29.6. The molecule has 67 heavy (non-hydrogen) atoms. The van der Waals surface area contributed by atoms with E-state index in [-0.39, 0.29) is 321 Å². The molecule has 348 valence electrons. The summed E-state index contributed by atoms with van der Waals surface area (Å²) in [5.74, 6) is -2.50. The summed E-state index contributed by atoms with van der Waals surface area (Å²) in [4.78, 5) is 104. The van der Waals surface area contributed by atoms with Gasteiger partial charge in [-0.15, -0.1) is 24.5 Å². The Morgan fingerprint density at radius 2 is 0.955 bits per heavy atom. The zero-order valence-electron chi connectivity index (χ0n) is 40.3. The van der Waals surface area contributed by atoms with Crippen LogP contribution in [0.25, 0.3) is 21.3 Å². The van der Waals surface area contributed by atoms with E-state index in [4.69, 9.17) is 9.47 Å². The number of Topliss-reactive ketones (excluding diaryl/α,β-unsaturated/α-hetero) is 2. The molecule has 0 aliphatic rings. The van der Waals surface area contributed by atoms with Gasteiger partial charge in [-0.2, -0.15) is 0 Å². The topological polar surface area (TPSA) is 265 Å². The second kappa shape index (κ2) is 49.2. The summed E-state index contributed by atoms with van der Waals surface area (Å²) < 4.78 is 10.5. The van der Waals surface area contributed by atoms with E-state index in [1.807, 2.05) is 6.92 Å². The number of nitrogens with one attached hydrogen (secondary N) is 3. The van der Waals surface area contributed by atoms with Gasteiger partial charge in [0.15, 0.2) is 5.78 Å². The van der Waals surface area contributed by atoms with Gasteiger partial charge in [0.1, 0.15) is 11.6 Å². The minimum Gasteiger partial charge on any atom is -0.651 e. The molecule has 0 saturated carbocycles. The summed E-state index contributed by atoms with van der Waals surface area (Å²) >= 11 is 0. The Balaban J connectivity index is -0.000000357. The minimum absolute atomic E-state index is 0. The molecule has 0 atom stereocenters. The zero-order valence-corrected chi connectivity index (χ0v) is 60.0. The molecule has 0 saturated heterocycles. The van der Waals surface area contributed by atoms with Crippen molar-refractivity contribution in [3.63, 3.8) is 0 Å². The Labute approximate surface area is 592 Å². The molecule has 0 aliphatic heterocycles. The third-order valence-corrected chi connectivity index (χ3v) is 8.14. The molecule has 6 amide bonds. The SMILES string of the molecule is C.CN/C(C)=C\C(=O)Cc1ccc([N-]C(=O)CC(=O)[N-]CCOCCCC(C)=O)cc1.CNC(=O)CCNC(=O)Cc1ccc([N-]C(=O)CC(=O)[N-]CCOCCCC(C)=O)cc1.[Rb+].[Rb+].[Rb+].[Rb+]. The number of ether oxygens (including phenoxy) is 2. The van der Waals surface area contributed by atoms with Gasteiger partial charge < -0.3 is 75.5 Å². The van der Waals surface area contributed by atoms with Gasteiger partial charge in [-0.25, -0.2) is 0 Å². The molecular formula is C45H63N7O11Rb4. The molecular weight excluding hydrogens is 1160 g/mol. The fourth-order valence-electron chi connectivity index (χ4n) is 4.89. The summed E-state index contributed by atoms with van der Waals surface area (Å²) in [5, 5.41) is 23.2. The van der Waals surface area contributed by atoms with Gasteiger partial charge in [0.25, 0.3) is 0 Å². The van der Waals surface area contributed by atoms with Crippen molar-refractivity contribution in [3.8, 4) is 0 Å². The first-order valence-electron chi connectivity index (χ1n) is 20.2. The van der Waals surface area contributed by atoms with E-state index >= 15 is 0 Å². The fourth-order valence-corrected chi connectivity index (χ4v) is 4.89. The van der Waals surface area contributed by atoms with Crippen molar-refractivity contribution in [1.29, 1.82) is 0 Å². The van der Waals surface area contributed by atoms with Crippen LogP contribution in [0.3, 0.4) is 0 Å². The molecule has 0 unspecified atom stereocenters. The van der Waals surface area contributed by atoms with Crippen molar-refractivity contribution in [2.24, 2.45) is 0 Å². The average molecular weight is 1220 g/mol. The molecule has 0 aromatic heterocycles. The normalized spacial score (nSPS) is 9.78. The van der Waals surface area contributed by atoms with Gasteiger partial charge in [0.05, 0.1) is 30.0 Å². The predicted octanol–water partition coefficient (Wildman–Crippen LogP) is -6.53. The molecule has 0 spiro atoms. The summed E-state index contributed by atoms with van der Waals surface area (Å²) in [6, 6.07) is 13.2. The first-order valence-corrected chi connectivity index (χ1v) is 20.2. The molecule has 22 heteroatoms. The van der Waals surface area contributed by atoms with E-state index in [9.17, 15) is 43.2 Å². The van der Waals surface area contributed by atoms with Crippen LogP contribution >= 0.6 is 0 Å². The third-order valence-electron chi connectivity index (χ3n) is 8.14. The van der Waals surface area contributed by atoms with Crippen LogP contribution in [0.1, 0.15) is 84.3 Å². The van der Waals surface area contributed by atoms with E-state index in [0.717, 1.165) is 16.8 Å². The second-order valence-electron chi connectivity index (χ2n) is 13.8. The predicted molar refractivity (Wildman–Crippen MR) is 240 cm³/mol. The van der Waals surface area contributed by atoms with E-state index < -0.39 is 36.5 Å². The average Bonchev–Trinajstić information content (AvgIpc) is 3.21. The maximum Gasteiger partial charge on any atom is 1.00 e. The Hall–Kier alpha value is 0.951. The first kappa shape index (κ1) is 76.9. The number of carbonyl (C=O) groups is 9. The fraction of sp³-hybridized carbons (Fsp3) is 0.489. The number of ketones is 3. The molecule has 3 N–H and O–H groups in total. The van der Waals surface area contributed by atoms with Crippen LogP contribution in [0, 0.1) is 0 Å². The third kappa shape index (κ3) is 45.3. The summed E-state index contributed by atoms with van der Waals surface area (Å²) in [6.45, 7) is 6.78. The summed E-state index contributed by atoms with van der Waals surface area (Å²) in [6.07, 6.45) is 3.49. The number of amides is 6. The van der Waals surface area contributed by atoms with Crippen LogP contribution in [-0.4, -0.2) is 113 Å². The van der Waals surface area contributed by atoms with Crippen molar-refractivity contribution in [1.82, 2.24) is 16.0 Å². The second-order valence-corrected chi connectivity index (χ2v) is 13.8. The molecule has 0 fully saturated rings. The minimum atomic E-state index is -0.610. The van der Waals surface area contributed by atoms with Gasteiger partial charge in [0.2, 0.25) is 11.8 Å². The molecule has 2 rings (SSSR count). The van der Waals surface area contributed by atoms with Crippen LogP contribution in [0.5, 0.6) is 0 Å². The van der Waals surface area contributed by atoms with Crippen LogP contribution in [0.2, 0.25) is 0 Å². The summed E-state index contributed by atoms with van der Waals surface area (Å²) in [7, 11) is 3.28. The van der Waals surface area contributed by atoms with Crippen molar-refractivity contribution in [2.45, 2.75) is 86.0 Å². The van der Waals surface area contributed by atoms with Crippen molar-refractivity contribution < 1.29 is 285 Å². The largest absolute Gasteiger partial charge is 1.00 e. The zero-order chi connectivity index (χ0) is 46.1. The molecule has 0 heterocycles. The van der Waals surface area contributed by atoms with Gasteiger partial charge in [-0.1, -0.05) is 56.0 Å². The number of hydrogen-bond acceptors (Lipinski definition) is 12. The van der Waals surface area contributed by atoms with E-state index in [1.54, 1.807) is 55.6 Å². The maximum absolute atomic E-state index is 11.9. The number of benzene rings is 2. The molecule has 2 aromatic carbocycles. The van der Waals surface area contributed by atoms with Crippen LogP contribution in [0.15, 0.2) is 60.3 Å². The number of hydrogen-bond donors (Lipinski definition) is 3. The smallest absolute Gasteiger partial charge is 0.651 e. The van der Waals surface area contributed by atoms with Gasteiger partial charge in [0, 0.05) is 97.4 Å². The van der Waals surface area contributed by atoms with Crippen LogP contribution in [-0.2, 0) is 65.5 Å². The number of nitrogens with zero attached hydrogens (tertiary/aromatic N) is 4. The van der Waals surface area contributed by atoms with Crippen molar-refractivity contribution >= 4 is 64.2 Å². The summed E-state index contributed by atoms with van der Waals surface area (Å²) in [5.41, 5.74) is 3.11. The van der Waals surface area contributed by atoms with Crippen LogP contribution in [0.4, 0.5) is 11.4 Å². The molecule has 2 aromatic rings. The molecule has 0 radical (unpaired) electrons.